The Kier molecular flexibility index (Phi) is 4.67. The second-order valence-electron chi connectivity index (χ2n) is 6.29. The van der Waals surface area contributed by atoms with Crippen LogP contribution in [-0.2, 0) is 10.2 Å². The van der Waals surface area contributed by atoms with Gasteiger partial charge in [0, 0.05) is 24.0 Å². The van der Waals surface area contributed by atoms with Crippen LogP contribution in [0.4, 0.5) is 0 Å². The summed E-state index contributed by atoms with van der Waals surface area (Å²) in [6.07, 6.45) is 8.81. The minimum absolute atomic E-state index is 0.211. The highest BCUT2D eigenvalue weighted by Gasteiger charge is 2.44. The van der Waals surface area contributed by atoms with Crippen molar-refractivity contribution >= 4 is 17.3 Å². The third-order valence-electron chi connectivity index (χ3n) is 4.71. The van der Waals surface area contributed by atoms with E-state index in [1.165, 1.54) is 11.3 Å². The Morgan fingerprint density at radius 1 is 1.04 bits per heavy atom. The van der Waals surface area contributed by atoms with E-state index < -0.39 is 5.41 Å². The highest BCUT2D eigenvalue weighted by atomic mass is 32.1. The largest absolute Gasteiger partial charge is 0.431 e. The lowest BCUT2D eigenvalue weighted by atomic mass is 9.80. The zero-order valence-corrected chi connectivity index (χ0v) is 14.9. The summed E-state index contributed by atoms with van der Waals surface area (Å²) in [5, 5.41) is 2.43. The van der Waals surface area contributed by atoms with Crippen molar-refractivity contribution in [2.75, 3.05) is 0 Å². The summed E-state index contributed by atoms with van der Waals surface area (Å²) in [5.74, 6) is 0.954. The van der Waals surface area contributed by atoms with E-state index in [0.717, 1.165) is 31.2 Å². The molecule has 5 nitrogen and oxygen atoms in total. The normalized spacial score (nSPS) is 15.5. The lowest BCUT2D eigenvalue weighted by Gasteiger charge is -2.26. The number of rotatable bonds is 5. The quantitative estimate of drug-likeness (QED) is 0.482. The number of aromatic nitrogens is 2. The first-order chi connectivity index (χ1) is 12.8. The molecule has 1 aliphatic rings. The third-order valence-corrected chi connectivity index (χ3v) is 5.36. The van der Waals surface area contributed by atoms with E-state index in [9.17, 15) is 4.79 Å². The van der Waals surface area contributed by atoms with Gasteiger partial charge in [-0.25, -0.2) is 4.98 Å². The molecule has 0 N–H and O–H groups in total. The Morgan fingerprint density at radius 2 is 1.81 bits per heavy atom. The summed E-state index contributed by atoms with van der Waals surface area (Å²) >= 11 is 1.42. The first-order valence-electron chi connectivity index (χ1n) is 8.56. The van der Waals surface area contributed by atoms with Gasteiger partial charge in [0.15, 0.2) is 0 Å². The molecule has 1 aliphatic carbocycles. The third kappa shape index (κ3) is 3.32. The fraction of sp³-hybridized carbons (Fsp3) is 0.250. The monoisotopic (exact) mass is 366 g/mol. The molecule has 3 aromatic rings. The molecule has 0 atom stereocenters. The van der Waals surface area contributed by atoms with Gasteiger partial charge in [0.1, 0.15) is 11.5 Å². The van der Waals surface area contributed by atoms with Crippen molar-refractivity contribution in [1.82, 2.24) is 9.97 Å². The number of pyridine rings is 1. The maximum Gasteiger partial charge on any atom is 0.322 e. The van der Waals surface area contributed by atoms with Gasteiger partial charge in [0.2, 0.25) is 0 Å². The lowest BCUT2D eigenvalue weighted by Crippen LogP contribution is -2.36. The molecule has 0 aliphatic heterocycles. The summed E-state index contributed by atoms with van der Waals surface area (Å²) in [4.78, 5) is 21.3. The Hall–Kier alpha value is -2.73. The molecule has 132 valence electrons. The van der Waals surface area contributed by atoms with Gasteiger partial charge in [0.05, 0.1) is 5.41 Å². The zero-order chi connectivity index (χ0) is 17.8. The van der Waals surface area contributed by atoms with Crippen LogP contribution in [0.5, 0.6) is 16.7 Å². The number of esters is 1. The minimum Gasteiger partial charge on any atom is -0.431 e. The molecule has 2 aromatic heterocycles. The van der Waals surface area contributed by atoms with Gasteiger partial charge in [-0.2, -0.15) is 0 Å². The van der Waals surface area contributed by atoms with Crippen molar-refractivity contribution in [2.45, 2.75) is 31.1 Å². The summed E-state index contributed by atoms with van der Waals surface area (Å²) in [6.45, 7) is 0. The minimum atomic E-state index is -0.593. The Bertz CT molecular complexity index is 858. The molecule has 0 radical (unpaired) electrons. The van der Waals surface area contributed by atoms with Gasteiger partial charge in [-0.15, -0.1) is 0 Å². The second-order valence-corrected chi connectivity index (χ2v) is 7.15. The van der Waals surface area contributed by atoms with E-state index in [4.69, 9.17) is 9.47 Å². The number of hydrogen-bond donors (Lipinski definition) is 0. The van der Waals surface area contributed by atoms with Crippen molar-refractivity contribution in [2.24, 2.45) is 0 Å². The number of nitrogens with zero attached hydrogens (tertiary/aromatic N) is 2. The van der Waals surface area contributed by atoms with Crippen LogP contribution in [0.15, 0.2) is 60.4 Å². The maximum absolute atomic E-state index is 13.0. The molecule has 1 aromatic carbocycles. The van der Waals surface area contributed by atoms with Crippen molar-refractivity contribution in [3.8, 4) is 16.7 Å². The fourth-order valence-electron chi connectivity index (χ4n) is 3.38. The van der Waals surface area contributed by atoms with E-state index in [-0.39, 0.29) is 5.97 Å². The van der Waals surface area contributed by atoms with E-state index >= 15 is 0 Å². The number of thiazole rings is 1. The van der Waals surface area contributed by atoms with Crippen LogP contribution >= 0.6 is 11.3 Å². The van der Waals surface area contributed by atoms with E-state index in [2.05, 4.69) is 9.97 Å². The highest BCUT2D eigenvalue weighted by Crippen LogP contribution is 2.42. The standard InChI is InChI=1S/C20H18N2O3S/c23-18(20(9-1-2-10-20)15-4-3-11-21-14-15)24-16-5-7-17(8-6-16)25-19-22-12-13-26-19/h3-8,11-14H,1-2,9-10H2. The molecular weight excluding hydrogens is 348 g/mol. The molecule has 0 amide bonds. The molecule has 0 spiro atoms. The van der Waals surface area contributed by atoms with Crippen LogP contribution in [0.1, 0.15) is 31.2 Å². The average molecular weight is 366 g/mol. The van der Waals surface area contributed by atoms with Crippen molar-refractivity contribution in [1.29, 1.82) is 0 Å². The maximum atomic E-state index is 13.0. The Labute approximate surface area is 155 Å². The SMILES string of the molecule is O=C(Oc1ccc(Oc2nccs2)cc1)C1(c2cccnc2)CCCC1. The topological polar surface area (TPSA) is 61.3 Å². The molecule has 0 unspecified atom stereocenters. The van der Waals surface area contributed by atoms with E-state index in [1.807, 2.05) is 17.5 Å². The number of carbonyl (C=O) groups excluding carboxylic acids is 1. The van der Waals surface area contributed by atoms with Crippen LogP contribution in [0.2, 0.25) is 0 Å². The van der Waals surface area contributed by atoms with Crippen LogP contribution in [-0.4, -0.2) is 15.9 Å². The fourth-order valence-corrected chi connectivity index (χ4v) is 3.88. The molecule has 0 saturated heterocycles. The van der Waals surface area contributed by atoms with Crippen molar-refractivity contribution in [3.05, 3.63) is 65.9 Å². The summed E-state index contributed by atoms with van der Waals surface area (Å²) in [5.41, 5.74) is 0.343. The zero-order valence-electron chi connectivity index (χ0n) is 14.1. The van der Waals surface area contributed by atoms with Crippen molar-refractivity contribution in [3.63, 3.8) is 0 Å². The van der Waals surface area contributed by atoms with Gasteiger partial charge in [-0.3, -0.25) is 9.78 Å². The van der Waals surface area contributed by atoms with Crippen LogP contribution in [0.3, 0.4) is 0 Å². The van der Waals surface area contributed by atoms with Crippen LogP contribution in [0.25, 0.3) is 0 Å². The van der Waals surface area contributed by atoms with Gasteiger partial charge in [-0.05, 0) is 48.7 Å². The predicted octanol–water partition coefficient (Wildman–Crippen LogP) is 4.75. The predicted molar refractivity (Wildman–Crippen MR) is 98.6 cm³/mol. The summed E-state index contributed by atoms with van der Waals surface area (Å²) in [6, 6.07) is 10.9. The molecule has 1 fully saturated rings. The van der Waals surface area contributed by atoms with Crippen molar-refractivity contribution < 1.29 is 14.3 Å². The van der Waals surface area contributed by atoms with E-state index in [0.29, 0.717) is 16.7 Å². The smallest absolute Gasteiger partial charge is 0.322 e. The number of ether oxygens (including phenoxy) is 2. The van der Waals surface area contributed by atoms with E-state index in [1.54, 1.807) is 42.9 Å². The number of benzene rings is 1. The molecule has 6 heteroatoms. The van der Waals surface area contributed by atoms with Gasteiger partial charge in [-0.1, -0.05) is 30.2 Å². The Balaban J connectivity index is 1.50. The second kappa shape index (κ2) is 7.25. The molecule has 1 saturated carbocycles. The molecular formula is C20H18N2O3S. The summed E-state index contributed by atoms with van der Waals surface area (Å²) < 4.78 is 11.3. The molecule has 26 heavy (non-hydrogen) atoms. The molecule has 2 heterocycles. The number of carbonyl (C=O) groups is 1. The number of hydrogen-bond acceptors (Lipinski definition) is 6. The van der Waals surface area contributed by atoms with Crippen LogP contribution < -0.4 is 9.47 Å². The highest BCUT2D eigenvalue weighted by molar-refractivity contribution is 7.11. The Morgan fingerprint density at radius 3 is 2.46 bits per heavy atom. The van der Waals surface area contributed by atoms with Gasteiger partial charge >= 0.3 is 5.97 Å². The van der Waals surface area contributed by atoms with Gasteiger partial charge < -0.3 is 9.47 Å². The first kappa shape index (κ1) is 16.7. The van der Waals surface area contributed by atoms with Gasteiger partial charge in [0.25, 0.3) is 5.19 Å². The lowest BCUT2D eigenvalue weighted by molar-refractivity contribution is -0.140. The summed E-state index contributed by atoms with van der Waals surface area (Å²) in [7, 11) is 0. The van der Waals surface area contributed by atoms with Crippen LogP contribution in [0, 0.1) is 0 Å². The average Bonchev–Trinajstić information content (AvgIpc) is 3.37. The molecule has 0 bridgehead atoms. The molecule has 4 rings (SSSR count). The first-order valence-corrected chi connectivity index (χ1v) is 9.44.